The minimum absolute atomic E-state index is 0.00579. The smallest absolute Gasteiger partial charge is 0.0393 e. The summed E-state index contributed by atoms with van der Waals surface area (Å²) >= 11 is 5.93. The molecule has 50 valence electrons. The zero-order valence-electron chi connectivity index (χ0n) is 6.16. The molecule has 0 rings (SSSR count). The molecule has 0 aliphatic carbocycles. The second-order valence-electron chi connectivity index (χ2n) is 3.32. The standard InChI is InChI=1S/C7H15Cl/c1-6(2)5-7(3,4)8/h6H,5H2,1-4H3. The quantitative estimate of drug-likeness (QED) is 0.510. The molecule has 0 radical (unpaired) electrons. The third-order valence-corrected chi connectivity index (χ3v) is 1.05. The van der Waals surface area contributed by atoms with Gasteiger partial charge in [-0.05, 0) is 26.2 Å². The van der Waals surface area contributed by atoms with Gasteiger partial charge in [0.25, 0.3) is 0 Å². The lowest BCUT2D eigenvalue weighted by molar-refractivity contribution is 0.496. The second-order valence-corrected chi connectivity index (χ2v) is 4.34. The first-order valence-electron chi connectivity index (χ1n) is 3.11. The fourth-order valence-corrected chi connectivity index (χ4v) is 1.28. The van der Waals surface area contributed by atoms with E-state index in [0.717, 1.165) is 6.42 Å². The van der Waals surface area contributed by atoms with Crippen molar-refractivity contribution in [2.45, 2.75) is 39.0 Å². The number of hydrogen-bond acceptors (Lipinski definition) is 0. The Morgan fingerprint density at radius 2 is 1.75 bits per heavy atom. The summed E-state index contributed by atoms with van der Waals surface area (Å²) in [6, 6.07) is 0. The normalized spacial score (nSPS) is 12.8. The van der Waals surface area contributed by atoms with Crippen molar-refractivity contribution in [2.75, 3.05) is 0 Å². The number of rotatable bonds is 2. The summed E-state index contributed by atoms with van der Waals surface area (Å²) in [5.41, 5.74) is 0. The topological polar surface area (TPSA) is 0 Å². The number of halogens is 1. The van der Waals surface area contributed by atoms with E-state index in [1.54, 1.807) is 0 Å². The lowest BCUT2D eigenvalue weighted by atomic mass is 10.0. The Morgan fingerprint density at radius 3 is 1.75 bits per heavy atom. The molecule has 0 aliphatic rings. The molecule has 0 spiro atoms. The van der Waals surface area contributed by atoms with E-state index in [1.807, 2.05) is 0 Å². The zero-order chi connectivity index (χ0) is 6.78. The van der Waals surface area contributed by atoms with Crippen LogP contribution in [0.3, 0.4) is 0 Å². The van der Waals surface area contributed by atoms with Crippen molar-refractivity contribution >= 4 is 11.6 Å². The average molecular weight is 135 g/mol. The van der Waals surface area contributed by atoms with E-state index in [-0.39, 0.29) is 4.87 Å². The molecule has 1 heteroatoms. The van der Waals surface area contributed by atoms with Crippen LogP contribution in [-0.2, 0) is 0 Å². The molecule has 0 aromatic heterocycles. The Kier molecular flexibility index (Phi) is 2.82. The zero-order valence-corrected chi connectivity index (χ0v) is 6.92. The second kappa shape index (κ2) is 2.72. The summed E-state index contributed by atoms with van der Waals surface area (Å²) in [7, 11) is 0. The van der Waals surface area contributed by atoms with Crippen LogP contribution in [0.4, 0.5) is 0 Å². The highest BCUT2D eigenvalue weighted by Gasteiger charge is 2.13. The van der Waals surface area contributed by atoms with E-state index >= 15 is 0 Å². The molecular formula is C7H15Cl. The van der Waals surface area contributed by atoms with Crippen LogP contribution >= 0.6 is 11.6 Å². The highest BCUT2D eigenvalue weighted by molar-refractivity contribution is 6.23. The maximum Gasteiger partial charge on any atom is 0.0393 e. The lowest BCUT2D eigenvalue weighted by Crippen LogP contribution is -2.12. The molecule has 0 saturated carbocycles. The molecule has 0 N–H and O–H groups in total. The van der Waals surface area contributed by atoms with Gasteiger partial charge in [0.05, 0.1) is 0 Å². The predicted molar refractivity (Wildman–Crippen MR) is 39.4 cm³/mol. The van der Waals surface area contributed by atoms with Crippen LogP contribution in [0.25, 0.3) is 0 Å². The molecule has 0 unspecified atom stereocenters. The van der Waals surface area contributed by atoms with Crippen LogP contribution in [-0.4, -0.2) is 4.87 Å². The molecule has 0 atom stereocenters. The first-order valence-corrected chi connectivity index (χ1v) is 3.48. The van der Waals surface area contributed by atoms with Crippen LogP contribution in [0.2, 0.25) is 0 Å². The SMILES string of the molecule is CC(C)CC(C)(C)Cl. The van der Waals surface area contributed by atoms with E-state index in [4.69, 9.17) is 11.6 Å². The fourth-order valence-electron chi connectivity index (χ4n) is 0.971. The predicted octanol–water partition coefficient (Wildman–Crippen LogP) is 3.05. The van der Waals surface area contributed by atoms with Gasteiger partial charge in [0.1, 0.15) is 0 Å². The third-order valence-electron chi connectivity index (χ3n) is 0.894. The van der Waals surface area contributed by atoms with E-state index in [1.165, 1.54) is 0 Å². The Bertz CT molecular complexity index is 59.3. The van der Waals surface area contributed by atoms with Crippen LogP contribution in [0.15, 0.2) is 0 Å². The summed E-state index contributed by atoms with van der Waals surface area (Å²) in [5.74, 6) is 0.711. The lowest BCUT2D eigenvalue weighted by Gasteiger charge is -2.17. The van der Waals surface area contributed by atoms with Crippen molar-refractivity contribution in [1.29, 1.82) is 0 Å². The number of hydrogen-bond donors (Lipinski definition) is 0. The monoisotopic (exact) mass is 134 g/mol. The molecule has 0 amide bonds. The van der Waals surface area contributed by atoms with Gasteiger partial charge in [-0.3, -0.25) is 0 Å². The Balaban J connectivity index is 3.39. The number of alkyl halides is 1. The van der Waals surface area contributed by atoms with Gasteiger partial charge in [0.2, 0.25) is 0 Å². The van der Waals surface area contributed by atoms with Gasteiger partial charge >= 0.3 is 0 Å². The van der Waals surface area contributed by atoms with E-state index in [2.05, 4.69) is 27.7 Å². The third kappa shape index (κ3) is 6.29. The Labute approximate surface area is 57.2 Å². The van der Waals surface area contributed by atoms with Crippen molar-refractivity contribution in [3.05, 3.63) is 0 Å². The highest BCUT2D eigenvalue weighted by atomic mass is 35.5. The highest BCUT2D eigenvalue weighted by Crippen LogP contribution is 2.22. The van der Waals surface area contributed by atoms with Gasteiger partial charge in [0.15, 0.2) is 0 Å². The summed E-state index contributed by atoms with van der Waals surface area (Å²) in [6.45, 7) is 8.47. The molecule has 0 aromatic carbocycles. The van der Waals surface area contributed by atoms with Crippen molar-refractivity contribution in [3.63, 3.8) is 0 Å². The first-order chi connectivity index (χ1) is 3.42. The molecule has 0 bridgehead atoms. The summed E-state index contributed by atoms with van der Waals surface area (Å²) in [4.78, 5) is -0.00579. The summed E-state index contributed by atoms with van der Waals surface area (Å²) < 4.78 is 0. The van der Waals surface area contributed by atoms with Gasteiger partial charge in [-0.25, -0.2) is 0 Å². The molecule has 0 fully saturated rings. The van der Waals surface area contributed by atoms with E-state index in [0.29, 0.717) is 5.92 Å². The van der Waals surface area contributed by atoms with Crippen LogP contribution in [0, 0.1) is 5.92 Å². The van der Waals surface area contributed by atoms with E-state index < -0.39 is 0 Å². The largest absolute Gasteiger partial charge is 0.120 e. The summed E-state index contributed by atoms with van der Waals surface area (Å²) in [6.07, 6.45) is 1.09. The Hall–Kier alpha value is 0.290. The molecule has 0 heterocycles. The van der Waals surface area contributed by atoms with Gasteiger partial charge in [-0.2, -0.15) is 0 Å². The molecule has 8 heavy (non-hydrogen) atoms. The van der Waals surface area contributed by atoms with Crippen LogP contribution in [0.1, 0.15) is 34.1 Å². The first kappa shape index (κ1) is 8.29. The average Bonchev–Trinajstić information content (AvgIpc) is 1.21. The van der Waals surface area contributed by atoms with Crippen molar-refractivity contribution in [2.24, 2.45) is 5.92 Å². The minimum atomic E-state index is -0.00579. The Morgan fingerprint density at radius 1 is 1.38 bits per heavy atom. The molecule has 0 aliphatic heterocycles. The van der Waals surface area contributed by atoms with E-state index in [9.17, 15) is 0 Å². The van der Waals surface area contributed by atoms with Crippen molar-refractivity contribution in [1.82, 2.24) is 0 Å². The van der Waals surface area contributed by atoms with Gasteiger partial charge in [-0.15, -0.1) is 11.6 Å². The molecule has 0 aromatic rings. The molecule has 0 nitrogen and oxygen atoms in total. The maximum absolute atomic E-state index is 5.93. The van der Waals surface area contributed by atoms with Crippen LogP contribution in [0.5, 0.6) is 0 Å². The minimum Gasteiger partial charge on any atom is -0.120 e. The fraction of sp³-hybridized carbons (Fsp3) is 1.00. The van der Waals surface area contributed by atoms with Gasteiger partial charge in [-0.1, -0.05) is 13.8 Å². The van der Waals surface area contributed by atoms with Crippen molar-refractivity contribution < 1.29 is 0 Å². The van der Waals surface area contributed by atoms with Gasteiger partial charge in [0, 0.05) is 4.87 Å². The van der Waals surface area contributed by atoms with Gasteiger partial charge < -0.3 is 0 Å². The maximum atomic E-state index is 5.93. The molecular weight excluding hydrogens is 120 g/mol. The van der Waals surface area contributed by atoms with Crippen molar-refractivity contribution in [3.8, 4) is 0 Å². The summed E-state index contributed by atoms with van der Waals surface area (Å²) in [5, 5.41) is 0. The molecule has 0 saturated heterocycles. The van der Waals surface area contributed by atoms with Crippen LogP contribution < -0.4 is 0 Å².